The molecule has 4 atom stereocenters. The first-order valence-corrected chi connectivity index (χ1v) is 5.54. The first kappa shape index (κ1) is 8.25. The zero-order valence-corrected chi connectivity index (χ0v) is 8.25. The molecule has 74 valence electrons. The summed E-state index contributed by atoms with van der Waals surface area (Å²) in [4.78, 5) is 0. The topological polar surface area (TPSA) is 32.8 Å². The van der Waals surface area contributed by atoms with Crippen LogP contribution in [0, 0.1) is 5.41 Å². The van der Waals surface area contributed by atoms with Gasteiger partial charge in [-0.1, -0.05) is 19.8 Å². The molecule has 3 fully saturated rings. The Balaban J connectivity index is 1.92. The zero-order valence-electron chi connectivity index (χ0n) is 8.25. The van der Waals surface area contributed by atoms with Crippen LogP contribution in [0.25, 0.3) is 0 Å². The second-order valence-electron chi connectivity index (χ2n) is 5.30. The lowest BCUT2D eigenvalue weighted by Gasteiger charge is -2.43. The van der Waals surface area contributed by atoms with Crippen LogP contribution in [-0.4, -0.2) is 22.9 Å². The Labute approximate surface area is 79.3 Å². The van der Waals surface area contributed by atoms with Gasteiger partial charge in [-0.3, -0.25) is 0 Å². The molecule has 0 bridgehead atoms. The zero-order chi connectivity index (χ0) is 9.10. The molecule has 0 unspecified atom stereocenters. The number of rotatable bonds is 0. The molecule has 1 heterocycles. The van der Waals surface area contributed by atoms with E-state index in [-0.39, 0.29) is 17.8 Å². The van der Waals surface area contributed by atoms with Crippen molar-refractivity contribution >= 4 is 0 Å². The van der Waals surface area contributed by atoms with Gasteiger partial charge in [0.1, 0.15) is 11.7 Å². The highest BCUT2D eigenvalue weighted by Crippen LogP contribution is 2.64. The molecule has 0 aromatic rings. The SMILES string of the molecule is C[C@@]12CCCC[C@@]13O[C@H]3[C@@H](O)CC2. The van der Waals surface area contributed by atoms with Crippen LogP contribution in [-0.2, 0) is 4.74 Å². The summed E-state index contributed by atoms with van der Waals surface area (Å²) < 4.78 is 5.83. The van der Waals surface area contributed by atoms with Crippen molar-refractivity contribution in [1.82, 2.24) is 0 Å². The van der Waals surface area contributed by atoms with Crippen molar-refractivity contribution in [1.29, 1.82) is 0 Å². The molecule has 1 spiro atoms. The number of aliphatic hydroxyl groups excluding tert-OH is 1. The summed E-state index contributed by atoms with van der Waals surface area (Å²) in [6, 6.07) is 0. The molecule has 3 aliphatic rings. The fourth-order valence-electron chi connectivity index (χ4n) is 3.64. The average Bonchev–Trinajstić information content (AvgIpc) is 2.84. The van der Waals surface area contributed by atoms with Crippen LogP contribution in [0.1, 0.15) is 45.4 Å². The first-order valence-electron chi connectivity index (χ1n) is 5.54. The summed E-state index contributed by atoms with van der Waals surface area (Å²) in [5.74, 6) is 0. The molecule has 1 saturated heterocycles. The lowest BCUT2D eigenvalue weighted by molar-refractivity contribution is 0.0304. The quantitative estimate of drug-likeness (QED) is 0.580. The predicted octanol–water partition coefficient (Wildman–Crippen LogP) is 1.86. The molecule has 0 aromatic heterocycles. The largest absolute Gasteiger partial charge is 0.390 e. The Bertz CT molecular complexity index is 240. The van der Waals surface area contributed by atoms with Crippen LogP contribution >= 0.6 is 0 Å². The summed E-state index contributed by atoms with van der Waals surface area (Å²) in [5.41, 5.74) is 0.484. The number of ether oxygens (including phenoxy) is 1. The van der Waals surface area contributed by atoms with Gasteiger partial charge in [0.05, 0.1) is 6.10 Å². The number of aliphatic hydroxyl groups is 1. The number of hydrogen-bond acceptors (Lipinski definition) is 2. The molecule has 0 amide bonds. The molecular formula is C11H18O2. The fourth-order valence-corrected chi connectivity index (χ4v) is 3.64. The maximum atomic E-state index is 9.74. The molecule has 2 nitrogen and oxygen atoms in total. The van der Waals surface area contributed by atoms with E-state index in [1.807, 2.05) is 0 Å². The van der Waals surface area contributed by atoms with Gasteiger partial charge in [0.15, 0.2) is 0 Å². The van der Waals surface area contributed by atoms with Crippen LogP contribution in [0.15, 0.2) is 0 Å². The van der Waals surface area contributed by atoms with Crippen molar-refractivity contribution < 1.29 is 9.84 Å². The monoisotopic (exact) mass is 182 g/mol. The number of epoxide rings is 1. The van der Waals surface area contributed by atoms with Crippen molar-refractivity contribution in [2.24, 2.45) is 5.41 Å². The standard InChI is InChI=1S/C11H18O2/c1-10-5-2-3-6-11(10)9(13-11)8(12)4-7-10/h8-9,12H,2-7H2,1H3/t8-,9-,10-,11-/m0/s1. The second-order valence-corrected chi connectivity index (χ2v) is 5.30. The molecule has 1 aliphatic heterocycles. The molecule has 13 heavy (non-hydrogen) atoms. The van der Waals surface area contributed by atoms with Crippen molar-refractivity contribution in [2.75, 3.05) is 0 Å². The van der Waals surface area contributed by atoms with Gasteiger partial charge in [-0.15, -0.1) is 0 Å². The Kier molecular flexibility index (Phi) is 1.45. The molecule has 2 saturated carbocycles. The van der Waals surface area contributed by atoms with E-state index in [1.165, 1.54) is 25.7 Å². The van der Waals surface area contributed by atoms with E-state index in [0.29, 0.717) is 5.41 Å². The van der Waals surface area contributed by atoms with E-state index >= 15 is 0 Å². The van der Waals surface area contributed by atoms with E-state index < -0.39 is 0 Å². The maximum Gasteiger partial charge on any atom is 0.114 e. The molecule has 1 N–H and O–H groups in total. The smallest absolute Gasteiger partial charge is 0.114 e. The minimum Gasteiger partial charge on any atom is -0.390 e. The van der Waals surface area contributed by atoms with E-state index in [2.05, 4.69) is 6.92 Å². The minimum atomic E-state index is -0.175. The molecule has 3 rings (SSSR count). The van der Waals surface area contributed by atoms with E-state index in [9.17, 15) is 5.11 Å². The molecule has 2 aliphatic carbocycles. The third-order valence-corrected chi connectivity index (χ3v) is 4.63. The lowest BCUT2D eigenvalue weighted by Crippen LogP contribution is -2.47. The van der Waals surface area contributed by atoms with Crippen LogP contribution in [0.5, 0.6) is 0 Å². The van der Waals surface area contributed by atoms with Crippen LogP contribution < -0.4 is 0 Å². The lowest BCUT2D eigenvalue weighted by atomic mass is 9.59. The average molecular weight is 182 g/mol. The summed E-state index contributed by atoms with van der Waals surface area (Å²) in [5, 5.41) is 9.74. The van der Waals surface area contributed by atoms with Crippen LogP contribution in [0.2, 0.25) is 0 Å². The summed E-state index contributed by atoms with van der Waals surface area (Å²) in [6.45, 7) is 2.36. The molecule has 0 aromatic carbocycles. The van der Waals surface area contributed by atoms with Crippen LogP contribution in [0.4, 0.5) is 0 Å². The van der Waals surface area contributed by atoms with Gasteiger partial charge < -0.3 is 9.84 Å². The highest BCUT2D eigenvalue weighted by atomic mass is 16.6. The summed E-state index contributed by atoms with van der Waals surface area (Å²) >= 11 is 0. The Morgan fingerprint density at radius 3 is 2.85 bits per heavy atom. The van der Waals surface area contributed by atoms with Crippen molar-refractivity contribution in [3.8, 4) is 0 Å². The Hall–Kier alpha value is -0.0800. The molecular weight excluding hydrogens is 164 g/mol. The predicted molar refractivity (Wildman–Crippen MR) is 49.4 cm³/mol. The van der Waals surface area contributed by atoms with E-state index in [4.69, 9.17) is 4.74 Å². The molecule has 2 heteroatoms. The van der Waals surface area contributed by atoms with Crippen molar-refractivity contribution in [3.05, 3.63) is 0 Å². The van der Waals surface area contributed by atoms with Crippen molar-refractivity contribution in [2.45, 2.75) is 63.3 Å². The first-order chi connectivity index (χ1) is 6.18. The van der Waals surface area contributed by atoms with Gasteiger partial charge in [0, 0.05) is 0 Å². The van der Waals surface area contributed by atoms with Gasteiger partial charge in [-0.25, -0.2) is 0 Å². The van der Waals surface area contributed by atoms with Gasteiger partial charge in [-0.05, 0) is 31.1 Å². The van der Waals surface area contributed by atoms with Gasteiger partial charge in [0.2, 0.25) is 0 Å². The highest BCUT2D eigenvalue weighted by molar-refractivity contribution is 5.19. The van der Waals surface area contributed by atoms with Gasteiger partial charge in [0.25, 0.3) is 0 Å². The third-order valence-electron chi connectivity index (χ3n) is 4.63. The third kappa shape index (κ3) is 0.861. The van der Waals surface area contributed by atoms with Crippen molar-refractivity contribution in [3.63, 3.8) is 0 Å². The van der Waals surface area contributed by atoms with E-state index in [1.54, 1.807) is 0 Å². The highest BCUT2D eigenvalue weighted by Gasteiger charge is 2.71. The Morgan fingerprint density at radius 1 is 1.23 bits per heavy atom. The maximum absolute atomic E-state index is 9.74. The Morgan fingerprint density at radius 2 is 2.00 bits per heavy atom. The van der Waals surface area contributed by atoms with E-state index in [0.717, 1.165) is 12.8 Å². The number of hydrogen-bond donors (Lipinski definition) is 1. The summed E-state index contributed by atoms with van der Waals surface area (Å²) in [7, 11) is 0. The van der Waals surface area contributed by atoms with Gasteiger partial charge in [-0.2, -0.15) is 0 Å². The summed E-state index contributed by atoms with van der Waals surface area (Å²) in [6.07, 6.45) is 7.25. The van der Waals surface area contributed by atoms with Gasteiger partial charge >= 0.3 is 0 Å². The normalized spacial score (nSPS) is 59.5. The minimum absolute atomic E-state index is 0.100. The van der Waals surface area contributed by atoms with Crippen LogP contribution in [0.3, 0.4) is 0 Å². The molecule has 0 radical (unpaired) electrons. The fraction of sp³-hybridized carbons (Fsp3) is 1.00. The second kappa shape index (κ2) is 2.29.